The zero-order valence-corrected chi connectivity index (χ0v) is 13.4. The van der Waals surface area contributed by atoms with Gasteiger partial charge in [-0.3, -0.25) is 9.36 Å². The van der Waals surface area contributed by atoms with Crippen molar-refractivity contribution in [3.05, 3.63) is 84.9 Å². The zero-order chi connectivity index (χ0) is 16.5. The van der Waals surface area contributed by atoms with Gasteiger partial charge in [0.2, 0.25) is 5.91 Å². The van der Waals surface area contributed by atoms with E-state index in [9.17, 15) is 4.79 Å². The molecule has 0 bridgehead atoms. The van der Waals surface area contributed by atoms with Gasteiger partial charge >= 0.3 is 0 Å². The molecule has 0 atom stereocenters. The van der Waals surface area contributed by atoms with E-state index in [1.165, 1.54) is 0 Å². The van der Waals surface area contributed by atoms with Crippen molar-refractivity contribution >= 4 is 16.8 Å². The topological polar surface area (TPSA) is 22.0 Å². The van der Waals surface area contributed by atoms with Crippen molar-refractivity contribution in [1.29, 1.82) is 0 Å². The Balaban J connectivity index is 2.19. The fourth-order valence-corrected chi connectivity index (χ4v) is 3.33. The average Bonchev–Trinajstić information content (AvgIpc) is 2.98. The maximum Gasteiger partial charge on any atom is 0.228 e. The molecule has 0 fully saturated rings. The number of hydrogen-bond acceptors (Lipinski definition) is 1. The van der Waals surface area contributed by atoms with Crippen LogP contribution in [0.2, 0.25) is 0 Å². The highest BCUT2D eigenvalue weighted by Gasteiger charge is 2.21. The highest BCUT2D eigenvalue weighted by Crippen LogP contribution is 2.40. The molecule has 4 aromatic rings. The van der Waals surface area contributed by atoms with Gasteiger partial charge in [-0.05, 0) is 17.2 Å². The second-order valence-corrected chi connectivity index (χ2v) is 5.83. The summed E-state index contributed by atoms with van der Waals surface area (Å²) in [4.78, 5) is 12.5. The van der Waals surface area contributed by atoms with Crippen molar-refractivity contribution in [2.24, 2.45) is 0 Å². The Morgan fingerprint density at radius 1 is 0.708 bits per heavy atom. The lowest BCUT2D eigenvalue weighted by Gasteiger charge is -2.10. The van der Waals surface area contributed by atoms with Crippen molar-refractivity contribution < 1.29 is 4.79 Å². The van der Waals surface area contributed by atoms with E-state index in [1.54, 1.807) is 6.92 Å². The molecule has 3 aromatic carbocycles. The molecule has 0 aliphatic carbocycles. The van der Waals surface area contributed by atoms with Crippen molar-refractivity contribution in [2.45, 2.75) is 6.92 Å². The molecule has 0 amide bonds. The minimum atomic E-state index is 0.0206. The summed E-state index contributed by atoms with van der Waals surface area (Å²) in [5, 5.41) is 1.10. The van der Waals surface area contributed by atoms with Gasteiger partial charge < -0.3 is 0 Å². The van der Waals surface area contributed by atoms with Crippen LogP contribution in [0.15, 0.2) is 84.9 Å². The van der Waals surface area contributed by atoms with E-state index in [2.05, 4.69) is 30.3 Å². The molecule has 0 unspecified atom stereocenters. The molecule has 24 heavy (non-hydrogen) atoms. The van der Waals surface area contributed by atoms with Crippen LogP contribution >= 0.6 is 0 Å². The predicted octanol–water partition coefficient (Wildman–Crippen LogP) is 5.64. The molecule has 0 N–H and O–H groups in total. The van der Waals surface area contributed by atoms with Crippen LogP contribution in [0.25, 0.3) is 33.3 Å². The van der Waals surface area contributed by atoms with Crippen molar-refractivity contribution in [1.82, 2.24) is 4.57 Å². The maximum atomic E-state index is 12.5. The van der Waals surface area contributed by atoms with Crippen LogP contribution in [0.1, 0.15) is 11.7 Å². The first-order chi connectivity index (χ1) is 11.8. The van der Waals surface area contributed by atoms with Crippen LogP contribution in [0, 0.1) is 0 Å². The summed E-state index contributed by atoms with van der Waals surface area (Å²) >= 11 is 0. The van der Waals surface area contributed by atoms with E-state index >= 15 is 0 Å². The molecular weight excluding hydrogens is 294 g/mol. The Morgan fingerprint density at radius 3 is 1.88 bits per heavy atom. The van der Waals surface area contributed by atoms with Crippen molar-refractivity contribution in [2.75, 3.05) is 0 Å². The van der Waals surface area contributed by atoms with Gasteiger partial charge in [0.1, 0.15) is 0 Å². The van der Waals surface area contributed by atoms with Crippen LogP contribution in [0.3, 0.4) is 0 Å². The molecular formula is C22H17NO. The highest BCUT2D eigenvalue weighted by molar-refractivity contribution is 6.09. The minimum Gasteiger partial charge on any atom is -0.279 e. The quantitative estimate of drug-likeness (QED) is 0.470. The third kappa shape index (κ3) is 2.24. The van der Waals surface area contributed by atoms with Gasteiger partial charge in [0.15, 0.2) is 0 Å². The number of nitrogens with zero attached hydrogens (tertiary/aromatic N) is 1. The first kappa shape index (κ1) is 14.5. The largest absolute Gasteiger partial charge is 0.279 e. The number of fused-ring (bicyclic) bond motifs is 1. The second-order valence-electron chi connectivity index (χ2n) is 5.83. The summed E-state index contributed by atoms with van der Waals surface area (Å²) in [6.07, 6.45) is 0. The van der Waals surface area contributed by atoms with E-state index in [0.717, 1.165) is 33.3 Å². The second kappa shape index (κ2) is 5.82. The molecule has 116 valence electrons. The predicted molar refractivity (Wildman–Crippen MR) is 99.1 cm³/mol. The van der Waals surface area contributed by atoms with Gasteiger partial charge in [-0.2, -0.15) is 0 Å². The number of para-hydroxylation sites is 1. The molecule has 4 rings (SSSR count). The summed E-state index contributed by atoms with van der Waals surface area (Å²) in [6.45, 7) is 1.62. The normalized spacial score (nSPS) is 10.9. The van der Waals surface area contributed by atoms with Gasteiger partial charge in [-0.25, -0.2) is 0 Å². The Hall–Kier alpha value is -3.13. The van der Waals surface area contributed by atoms with Crippen LogP contribution in [0.5, 0.6) is 0 Å². The summed E-state index contributed by atoms with van der Waals surface area (Å²) in [6, 6.07) is 28.5. The fraction of sp³-hybridized carbons (Fsp3) is 0.0455. The number of hydrogen-bond donors (Lipinski definition) is 0. The van der Waals surface area contributed by atoms with Gasteiger partial charge in [-0.15, -0.1) is 0 Å². The lowest BCUT2D eigenvalue weighted by molar-refractivity contribution is 0.0943. The maximum absolute atomic E-state index is 12.5. The lowest BCUT2D eigenvalue weighted by Crippen LogP contribution is -2.07. The van der Waals surface area contributed by atoms with Gasteiger partial charge in [0, 0.05) is 17.9 Å². The molecule has 0 saturated carbocycles. The summed E-state index contributed by atoms with van der Waals surface area (Å²) < 4.78 is 1.83. The van der Waals surface area contributed by atoms with E-state index < -0.39 is 0 Å². The average molecular weight is 311 g/mol. The van der Waals surface area contributed by atoms with Crippen LogP contribution in [-0.4, -0.2) is 10.5 Å². The number of carbonyl (C=O) groups is 1. The third-order valence-corrected chi connectivity index (χ3v) is 4.30. The molecule has 1 heterocycles. The number of aromatic nitrogens is 1. The van der Waals surface area contributed by atoms with E-state index in [0.29, 0.717) is 0 Å². The first-order valence-corrected chi connectivity index (χ1v) is 8.02. The third-order valence-electron chi connectivity index (χ3n) is 4.30. The van der Waals surface area contributed by atoms with Gasteiger partial charge in [0.05, 0.1) is 11.2 Å². The highest BCUT2D eigenvalue weighted by atomic mass is 16.1. The molecule has 0 spiro atoms. The van der Waals surface area contributed by atoms with Gasteiger partial charge in [-0.1, -0.05) is 78.9 Å². The Morgan fingerprint density at radius 2 is 1.25 bits per heavy atom. The van der Waals surface area contributed by atoms with Gasteiger partial charge in [0.25, 0.3) is 0 Å². The van der Waals surface area contributed by atoms with Crippen molar-refractivity contribution in [3.63, 3.8) is 0 Å². The SMILES string of the molecule is CC(=O)n1c(-c2ccccc2)c(-c2ccccc2)c2ccccc21. The summed E-state index contributed by atoms with van der Waals surface area (Å²) in [7, 11) is 0. The molecule has 1 aromatic heterocycles. The standard InChI is InChI=1S/C22H17NO/c1-16(24)23-20-15-9-8-14-19(20)21(17-10-4-2-5-11-17)22(23)18-12-6-3-7-13-18/h2-15H,1H3. The van der Waals surface area contributed by atoms with E-state index in [-0.39, 0.29) is 5.91 Å². The number of rotatable bonds is 2. The molecule has 2 nitrogen and oxygen atoms in total. The van der Waals surface area contributed by atoms with E-state index in [4.69, 9.17) is 0 Å². The zero-order valence-electron chi connectivity index (χ0n) is 13.4. The van der Waals surface area contributed by atoms with Crippen LogP contribution in [-0.2, 0) is 0 Å². The monoisotopic (exact) mass is 311 g/mol. The first-order valence-electron chi connectivity index (χ1n) is 8.02. The molecule has 0 aliphatic heterocycles. The number of carbonyl (C=O) groups excluding carboxylic acids is 1. The van der Waals surface area contributed by atoms with E-state index in [1.807, 2.05) is 59.2 Å². The van der Waals surface area contributed by atoms with Crippen LogP contribution < -0.4 is 0 Å². The lowest BCUT2D eigenvalue weighted by atomic mass is 9.98. The molecule has 0 saturated heterocycles. The minimum absolute atomic E-state index is 0.0206. The number of benzene rings is 3. The fourth-order valence-electron chi connectivity index (χ4n) is 3.33. The molecule has 0 radical (unpaired) electrons. The Kier molecular flexibility index (Phi) is 3.51. The summed E-state index contributed by atoms with van der Waals surface area (Å²) in [5.41, 5.74) is 5.17. The van der Waals surface area contributed by atoms with Crippen LogP contribution in [0.4, 0.5) is 0 Å². The molecule has 0 aliphatic rings. The Bertz CT molecular complexity index is 1010. The van der Waals surface area contributed by atoms with Crippen molar-refractivity contribution in [3.8, 4) is 22.4 Å². The smallest absolute Gasteiger partial charge is 0.228 e. The molecule has 2 heteroatoms. The Labute approximate surface area is 141 Å². The summed E-state index contributed by atoms with van der Waals surface area (Å²) in [5.74, 6) is 0.0206.